The molecule has 2 heterocycles. The highest BCUT2D eigenvalue weighted by Crippen LogP contribution is 2.18. The molecule has 0 aromatic carbocycles. The summed E-state index contributed by atoms with van der Waals surface area (Å²) in [4.78, 5) is 28.7. The fourth-order valence-electron chi connectivity index (χ4n) is 3.45. The zero-order valence-corrected chi connectivity index (χ0v) is 15.8. The smallest absolute Gasteiger partial charge is 0.245 e. The highest BCUT2D eigenvalue weighted by Gasteiger charge is 2.34. The number of aryl methyl sites for hydroxylation is 2. The van der Waals surface area contributed by atoms with Gasteiger partial charge in [0.1, 0.15) is 6.04 Å². The molecule has 6 nitrogen and oxygen atoms in total. The molecule has 0 aliphatic carbocycles. The summed E-state index contributed by atoms with van der Waals surface area (Å²) in [5, 5.41) is 4.40. The van der Waals surface area contributed by atoms with E-state index in [1.807, 2.05) is 37.4 Å². The van der Waals surface area contributed by atoms with Crippen molar-refractivity contribution in [2.75, 3.05) is 19.6 Å². The minimum atomic E-state index is -0.360. The van der Waals surface area contributed by atoms with Gasteiger partial charge < -0.3 is 9.80 Å². The van der Waals surface area contributed by atoms with Crippen LogP contribution in [0.5, 0.6) is 0 Å². The highest BCUT2D eigenvalue weighted by molar-refractivity contribution is 5.88. The van der Waals surface area contributed by atoms with E-state index in [0.29, 0.717) is 31.8 Å². The number of nitrogens with zero attached hydrogens (tertiary/aromatic N) is 4. The average Bonchev–Trinajstić information content (AvgIpc) is 2.74. The van der Waals surface area contributed by atoms with Gasteiger partial charge in [0.25, 0.3) is 0 Å². The van der Waals surface area contributed by atoms with Gasteiger partial charge in [-0.25, -0.2) is 0 Å². The number of piperazine rings is 1. The maximum absolute atomic E-state index is 12.6. The summed E-state index contributed by atoms with van der Waals surface area (Å²) in [6.07, 6.45) is 1.10. The van der Waals surface area contributed by atoms with Gasteiger partial charge in [-0.05, 0) is 38.7 Å². The van der Waals surface area contributed by atoms with Crippen LogP contribution in [0.15, 0.2) is 0 Å². The van der Waals surface area contributed by atoms with Crippen molar-refractivity contribution in [2.24, 2.45) is 13.0 Å². The first-order valence-corrected chi connectivity index (χ1v) is 8.79. The van der Waals surface area contributed by atoms with Gasteiger partial charge >= 0.3 is 0 Å². The number of hydrogen-bond acceptors (Lipinski definition) is 3. The Balaban J connectivity index is 1.97. The molecule has 0 spiro atoms. The van der Waals surface area contributed by atoms with Crippen LogP contribution in [0.25, 0.3) is 0 Å². The predicted octanol–water partition coefficient (Wildman–Crippen LogP) is 1.68. The van der Waals surface area contributed by atoms with Crippen molar-refractivity contribution in [3.05, 3.63) is 17.0 Å². The fraction of sp³-hybridized carbons (Fsp3) is 0.722. The first-order chi connectivity index (χ1) is 11.2. The lowest BCUT2D eigenvalue weighted by molar-refractivity contribution is -0.151. The second kappa shape index (κ2) is 7.36. The SMILES string of the molecule is Cc1nn(C)c(C)c1CCC(=O)N1CCN(CC(C)C)C(=O)[C@H]1C. The van der Waals surface area contributed by atoms with Gasteiger partial charge in [0.15, 0.2) is 0 Å². The molecule has 0 N–H and O–H groups in total. The second-order valence-corrected chi connectivity index (χ2v) is 7.21. The maximum Gasteiger partial charge on any atom is 0.245 e. The van der Waals surface area contributed by atoms with E-state index in [4.69, 9.17) is 0 Å². The lowest BCUT2D eigenvalue weighted by Crippen LogP contribution is -2.58. The maximum atomic E-state index is 12.6. The Morgan fingerprint density at radius 3 is 2.50 bits per heavy atom. The molecule has 134 valence electrons. The Kier molecular flexibility index (Phi) is 5.67. The molecular weight excluding hydrogens is 304 g/mol. The molecule has 0 bridgehead atoms. The number of carbonyl (C=O) groups is 2. The van der Waals surface area contributed by atoms with Crippen molar-refractivity contribution in [1.29, 1.82) is 0 Å². The zero-order chi connectivity index (χ0) is 18.0. The summed E-state index contributed by atoms with van der Waals surface area (Å²) >= 11 is 0. The molecule has 1 fully saturated rings. The van der Waals surface area contributed by atoms with Crippen LogP contribution in [-0.4, -0.2) is 57.1 Å². The van der Waals surface area contributed by atoms with Crippen molar-refractivity contribution in [3.63, 3.8) is 0 Å². The van der Waals surface area contributed by atoms with Gasteiger partial charge in [0.2, 0.25) is 11.8 Å². The minimum Gasteiger partial charge on any atom is -0.339 e. The quantitative estimate of drug-likeness (QED) is 0.823. The van der Waals surface area contributed by atoms with Crippen molar-refractivity contribution < 1.29 is 9.59 Å². The van der Waals surface area contributed by atoms with Gasteiger partial charge in [0.05, 0.1) is 5.69 Å². The number of hydrogen-bond donors (Lipinski definition) is 0. The topological polar surface area (TPSA) is 58.4 Å². The molecule has 2 amide bonds. The van der Waals surface area contributed by atoms with E-state index in [2.05, 4.69) is 18.9 Å². The van der Waals surface area contributed by atoms with Crippen LogP contribution >= 0.6 is 0 Å². The number of carbonyl (C=O) groups excluding carboxylic acids is 2. The van der Waals surface area contributed by atoms with E-state index in [1.54, 1.807) is 4.90 Å². The zero-order valence-electron chi connectivity index (χ0n) is 15.8. The van der Waals surface area contributed by atoms with Crippen LogP contribution in [0.1, 0.15) is 44.1 Å². The van der Waals surface area contributed by atoms with Gasteiger partial charge in [0, 0.05) is 38.8 Å². The van der Waals surface area contributed by atoms with Gasteiger partial charge in [-0.3, -0.25) is 14.3 Å². The Morgan fingerprint density at radius 2 is 1.96 bits per heavy atom. The van der Waals surface area contributed by atoms with Crippen molar-refractivity contribution in [3.8, 4) is 0 Å². The van der Waals surface area contributed by atoms with Gasteiger partial charge in [-0.15, -0.1) is 0 Å². The largest absolute Gasteiger partial charge is 0.339 e. The Morgan fingerprint density at radius 1 is 1.29 bits per heavy atom. The molecule has 1 aromatic heterocycles. The molecule has 0 unspecified atom stereocenters. The van der Waals surface area contributed by atoms with Crippen molar-refractivity contribution in [2.45, 2.75) is 53.5 Å². The third kappa shape index (κ3) is 3.79. The molecule has 1 atom stereocenters. The van der Waals surface area contributed by atoms with E-state index in [9.17, 15) is 9.59 Å². The normalized spacial score (nSPS) is 18.6. The van der Waals surface area contributed by atoms with E-state index in [1.165, 1.54) is 0 Å². The molecule has 6 heteroatoms. The Bertz CT molecular complexity index is 621. The molecule has 24 heavy (non-hydrogen) atoms. The van der Waals surface area contributed by atoms with Gasteiger partial charge in [-0.1, -0.05) is 13.8 Å². The molecule has 1 saturated heterocycles. The summed E-state index contributed by atoms with van der Waals surface area (Å²) in [5.41, 5.74) is 3.23. The third-order valence-corrected chi connectivity index (χ3v) is 4.90. The third-order valence-electron chi connectivity index (χ3n) is 4.90. The molecular formula is C18H30N4O2. The molecule has 1 aliphatic rings. The van der Waals surface area contributed by atoms with Crippen LogP contribution in [-0.2, 0) is 23.1 Å². The molecule has 1 aromatic rings. The standard InChI is InChI=1S/C18H30N4O2/c1-12(2)11-21-9-10-22(15(5)18(21)24)17(23)8-7-16-13(3)19-20(6)14(16)4/h12,15H,7-11H2,1-6H3/t15-/m1/s1. The molecule has 1 aliphatic heterocycles. The molecule has 2 rings (SSSR count). The van der Waals surface area contributed by atoms with Crippen molar-refractivity contribution in [1.82, 2.24) is 19.6 Å². The summed E-state index contributed by atoms with van der Waals surface area (Å²) < 4.78 is 1.85. The Hall–Kier alpha value is -1.85. The lowest BCUT2D eigenvalue weighted by atomic mass is 10.1. The van der Waals surface area contributed by atoms with Gasteiger partial charge in [-0.2, -0.15) is 5.10 Å². The number of rotatable bonds is 5. The summed E-state index contributed by atoms with van der Waals surface area (Å²) in [6, 6.07) is -0.360. The summed E-state index contributed by atoms with van der Waals surface area (Å²) in [6.45, 7) is 12.1. The molecule has 0 saturated carbocycles. The summed E-state index contributed by atoms with van der Waals surface area (Å²) in [5.74, 6) is 0.569. The summed E-state index contributed by atoms with van der Waals surface area (Å²) in [7, 11) is 1.92. The number of amides is 2. The van der Waals surface area contributed by atoms with Crippen LogP contribution in [0, 0.1) is 19.8 Å². The van der Waals surface area contributed by atoms with E-state index in [-0.39, 0.29) is 17.9 Å². The van der Waals surface area contributed by atoms with Crippen LogP contribution < -0.4 is 0 Å². The van der Waals surface area contributed by atoms with Crippen molar-refractivity contribution >= 4 is 11.8 Å². The van der Waals surface area contributed by atoms with Crippen LogP contribution in [0.2, 0.25) is 0 Å². The second-order valence-electron chi connectivity index (χ2n) is 7.21. The fourth-order valence-corrected chi connectivity index (χ4v) is 3.45. The average molecular weight is 334 g/mol. The van der Waals surface area contributed by atoms with E-state index < -0.39 is 0 Å². The van der Waals surface area contributed by atoms with E-state index >= 15 is 0 Å². The predicted molar refractivity (Wildman–Crippen MR) is 93.6 cm³/mol. The van der Waals surface area contributed by atoms with Crippen LogP contribution in [0.4, 0.5) is 0 Å². The number of aromatic nitrogens is 2. The Labute approximate surface area is 144 Å². The monoisotopic (exact) mass is 334 g/mol. The highest BCUT2D eigenvalue weighted by atomic mass is 16.2. The van der Waals surface area contributed by atoms with Crippen LogP contribution in [0.3, 0.4) is 0 Å². The first-order valence-electron chi connectivity index (χ1n) is 8.79. The lowest BCUT2D eigenvalue weighted by Gasteiger charge is -2.39. The molecule has 0 radical (unpaired) electrons. The minimum absolute atomic E-state index is 0.0581. The van der Waals surface area contributed by atoms with E-state index in [0.717, 1.165) is 23.5 Å². The first kappa shape index (κ1) is 18.5.